The molecule has 17 nitrogen and oxygen atoms in total. The Balaban J connectivity index is 0.000000148. The van der Waals surface area contributed by atoms with Crippen molar-refractivity contribution < 1.29 is 81.4 Å². The fourth-order valence-electron chi connectivity index (χ4n) is 15.9. The van der Waals surface area contributed by atoms with Gasteiger partial charge in [0.05, 0.1) is 18.1 Å². The first kappa shape index (κ1) is 63.0. The molecule has 1 N–H and O–H groups in total. The van der Waals surface area contributed by atoms with Gasteiger partial charge in [-0.25, -0.2) is 33.6 Å². The van der Waals surface area contributed by atoms with Crippen LogP contribution in [0.15, 0.2) is 60.8 Å². The molecule has 13 rings (SSSR count). The van der Waals surface area contributed by atoms with Crippen molar-refractivity contribution in [1.29, 1.82) is 0 Å². The summed E-state index contributed by atoms with van der Waals surface area (Å²) in [6.07, 6.45) is 20.2. The Hall–Kier alpha value is -5.58. The largest absolute Gasteiger partial charge is 0.463 e. The van der Waals surface area contributed by atoms with Gasteiger partial charge in [-0.3, -0.25) is 4.79 Å². The first-order chi connectivity index (χ1) is 38.1. The summed E-state index contributed by atoms with van der Waals surface area (Å²) in [5, 5.41) is 10.5. The molecule has 17 heteroatoms. The van der Waals surface area contributed by atoms with Crippen molar-refractivity contribution >= 4 is 47.8 Å². The van der Waals surface area contributed by atoms with Gasteiger partial charge in [0.2, 0.25) is 6.10 Å². The smallest absolute Gasteiger partial charge is 0.347 e. The minimum atomic E-state index is -0.728. The van der Waals surface area contributed by atoms with E-state index in [9.17, 15) is 43.5 Å². The topological polar surface area (TPSA) is 231 Å². The Labute approximate surface area is 478 Å². The third kappa shape index (κ3) is 14.8. The number of aliphatic hydroxyl groups is 1. The average Bonchev–Trinajstić information content (AvgIpc) is 2.40. The molecule has 0 amide bonds. The minimum absolute atomic E-state index is 0.0128. The lowest BCUT2D eigenvalue weighted by atomic mass is 9.49. The molecule has 13 fully saturated rings. The van der Waals surface area contributed by atoms with Crippen molar-refractivity contribution in [1.82, 2.24) is 0 Å². The molecule has 0 radical (unpaired) electrons. The number of rotatable bonds is 14. The van der Waals surface area contributed by atoms with Gasteiger partial charge >= 0.3 is 47.8 Å². The van der Waals surface area contributed by atoms with E-state index >= 15 is 0 Å². The molecule has 10 bridgehead atoms. The van der Waals surface area contributed by atoms with Crippen LogP contribution in [0.5, 0.6) is 0 Å². The summed E-state index contributed by atoms with van der Waals surface area (Å²) >= 11 is 0. The molecule has 0 aromatic carbocycles. The van der Waals surface area contributed by atoms with Crippen LogP contribution in [0.1, 0.15) is 183 Å². The normalized spacial score (nSPS) is 35.6. The summed E-state index contributed by atoms with van der Waals surface area (Å²) in [5.74, 6) is 1.37. The Morgan fingerprint density at radius 2 is 1.12 bits per heavy atom. The van der Waals surface area contributed by atoms with E-state index in [0.717, 1.165) is 76.0 Å². The van der Waals surface area contributed by atoms with E-state index in [1.807, 2.05) is 0 Å². The Morgan fingerprint density at radius 3 is 1.62 bits per heavy atom. The van der Waals surface area contributed by atoms with Crippen LogP contribution < -0.4 is 0 Å². The molecule has 11 aliphatic carbocycles. The quantitative estimate of drug-likeness (QED) is 0.0968. The summed E-state index contributed by atoms with van der Waals surface area (Å²) in [5.41, 5.74) is 0.694. The van der Waals surface area contributed by atoms with E-state index in [-0.39, 0.29) is 70.1 Å². The standard InChI is InChI=1S/C16H24O2.C14H16O6.C14H20O3.C12H20O2.C8H10O4/c1-4-16(18-15(17)10(2)3)13-6-11-5-12(8-13)9-14(16)7-11;1-6(2)13(16)18-5-10(15)19-11-7-3-8-9(4-7)14(17)20-12(8)11;1-9(2)12(15)17-14-6-10-3-11(7-14)5-13(16,4-10)8-14;1-4-12(8-6-5-7-9-12)14-11(13)10(2)3;1-5(2)7(9)12-6-3-4-11-8(6)10/h11-14H,2,4-9H2,1,3H3;7-9,11-12H,1,3-5H2,2H3;10-11,16H,1,3-8H2,2H3;2,4-9H2,1,3H3;6H,1,3-4H2,2H3. The maximum absolute atomic E-state index is 12.0. The van der Waals surface area contributed by atoms with Gasteiger partial charge in [0, 0.05) is 52.5 Å². The van der Waals surface area contributed by atoms with Gasteiger partial charge in [-0.1, -0.05) is 53.2 Å². The predicted molar refractivity (Wildman–Crippen MR) is 297 cm³/mol. The number of hydrogen-bond donors (Lipinski definition) is 1. The molecule has 0 spiro atoms. The highest BCUT2D eigenvalue weighted by Gasteiger charge is 2.64. The molecule has 2 saturated heterocycles. The van der Waals surface area contributed by atoms with Crippen molar-refractivity contribution in [2.45, 2.75) is 224 Å². The number of fused-ring (bicyclic) bond motifs is 1. The molecule has 2 aliphatic heterocycles. The van der Waals surface area contributed by atoms with E-state index in [2.05, 4.69) is 51.5 Å². The maximum atomic E-state index is 12.0. The molecule has 448 valence electrons. The van der Waals surface area contributed by atoms with E-state index < -0.39 is 53.9 Å². The van der Waals surface area contributed by atoms with Crippen LogP contribution in [0, 0.1) is 53.3 Å². The van der Waals surface area contributed by atoms with E-state index in [4.69, 9.17) is 33.2 Å². The number of esters is 8. The number of hydrogen-bond acceptors (Lipinski definition) is 17. The van der Waals surface area contributed by atoms with Crippen LogP contribution >= 0.6 is 0 Å². The summed E-state index contributed by atoms with van der Waals surface area (Å²) in [6.45, 7) is 30.1. The lowest BCUT2D eigenvalue weighted by Crippen LogP contribution is -2.60. The van der Waals surface area contributed by atoms with Crippen LogP contribution in [-0.4, -0.2) is 107 Å². The number of carbonyl (C=O) groups is 8. The van der Waals surface area contributed by atoms with Crippen molar-refractivity contribution in [2.75, 3.05) is 13.2 Å². The average molecular weight is 1130 g/mol. The molecule has 2 heterocycles. The first-order valence-electron chi connectivity index (χ1n) is 29.8. The second-order valence-electron chi connectivity index (χ2n) is 25.9. The Kier molecular flexibility index (Phi) is 20.2. The van der Waals surface area contributed by atoms with Crippen LogP contribution in [0.25, 0.3) is 0 Å². The number of ether oxygens (including phenoxy) is 8. The van der Waals surface area contributed by atoms with Crippen molar-refractivity contribution in [2.24, 2.45) is 53.3 Å². The molecule has 81 heavy (non-hydrogen) atoms. The molecule has 13 aliphatic rings. The highest BCUT2D eigenvalue weighted by atomic mass is 16.6. The SMILES string of the molecule is C=C(C)C(=O)OC1(CC)C2CC3CC(C2)CC1C3.C=C(C)C(=O)OC1(CC)CCCCC1.C=C(C)C(=O)OC12CC3CC(CC(O)(C3)C1)C2.C=C(C)C(=O)OC1CCOC1=O.C=C(C)C(=O)OCC(=O)OC1C2CC3C(=O)OC1C3C2. The van der Waals surface area contributed by atoms with Crippen LogP contribution in [0.3, 0.4) is 0 Å². The summed E-state index contributed by atoms with van der Waals surface area (Å²) < 4.78 is 41.9. The molecule has 11 saturated carbocycles. The van der Waals surface area contributed by atoms with Crippen LogP contribution in [0.2, 0.25) is 0 Å². The highest BCUT2D eigenvalue weighted by molar-refractivity contribution is 5.90. The van der Waals surface area contributed by atoms with E-state index in [1.165, 1.54) is 71.6 Å². The number of carbonyl (C=O) groups excluding carboxylic acids is 8. The van der Waals surface area contributed by atoms with Crippen molar-refractivity contribution in [3.63, 3.8) is 0 Å². The fraction of sp³-hybridized carbons (Fsp3) is 0.719. The Morgan fingerprint density at radius 1 is 0.593 bits per heavy atom. The number of cyclic esters (lactones) is 1. The van der Waals surface area contributed by atoms with Crippen molar-refractivity contribution in [3.05, 3.63) is 60.8 Å². The van der Waals surface area contributed by atoms with Gasteiger partial charge < -0.3 is 43.0 Å². The first-order valence-corrected chi connectivity index (χ1v) is 29.8. The zero-order chi connectivity index (χ0) is 59.4. The van der Waals surface area contributed by atoms with Gasteiger partial charge in [0.1, 0.15) is 29.0 Å². The second-order valence-corrected chi connectivity index (χ2v) is 25.9. The highest BCUT2D eigenvalue weighted by Crippen LogP contribution is 2.62. The van der Waals surface area contributed by atoms with Crippen LogP contribution in [0.4, 0.5) is 0 Å². The van der Waals surface area contributed by atoms with Gasteiger partial charge in [-0.15, -0.1) is 0 Å². The Bertz CT molecular complexity index is 2450. The molecule has 0 aromatic rings. The lowest BCUT2D eigenvalue weighted by Gasteiger charge is -2.60. The molecule has 8 atom stereocenters. The van der Waals surface area contributed by atoms with Gasteiger partial charge in [-0.05, 0) is 186 Å². The van der Waals surface area contributed by atoms with E-state index in [1.54, 1.807) is 20.8 Å². The maximum Gasteiger partial charge on any atom is 0.347 e. The predicted octanol–water partition coefficient (Wildman–Crippen LogP) is 10.1. The van der Waals surface area contributed by atoms with Crippen molar-refractivity contribution in [3.8, 4) is 0 Å². The molecular weight excluding hydrogens is 1040 g/mol. The van der Waals surface area contributed by atoms with Gasteiger partial charge in [-0.2, -0.15) is 0 Å². The van der Waals surface area contributed by atoms with E-state index in [0.29, 0.717) is 59.8 Å². The molecular formula is C64H90O17. The summed E-state index contributed by atoms with van der Waals surface area (Å²) in [6, 6.07) is 0. The minimum Gasteiger partial charge on any atom is -0.463 e. The third-order valence-electron chi connectivity index (χ3n) is 19.2. The summed E-state index contributed by atoms with van der Waals surface area (Å²) in [7, 11) is 0. The molecule has 8 unspecified atom stereocenters. The summed E-state index contributed by atoms with van der Waals surface area (Å²) in [4.78, 5) is 91.3. The second kappa shape index (κ2) is 25.9. The fourth-order valence-corrected chi connectivity index (χ4v) is 15.9. The zero-order valence-corrected chi connectivity index (χ0v) is 49.2. The van der Waals surface area contributed by atoms with Gasteiger partial charge in [0.25, 0.3) is 0 Å². The van der Waals surface area contributed by atoms with Crippen LogP contribution in [-0.2, 0) is 76.3 Å². The third-order valence-corrected chi connectivity index (χ3v) is 19.2. The molecule has 0 aromatic heterocycles. The monoisotopic (exact) mass is 1130 g/mol. The lowest BCUT2D eigenvalue weighted by molar-refractivity contribution is -0.217. The zero-order valence-electron chi connectivity index (χ0n) is 49.2. The van der Waals surface area contributed by atoms with Gasteiger partial charge in [0.15, 0.2) is 6.61 Å².